The summed E-state index contributed by atoms with van der Waals surface area (Å²) in [4.78, 5) is 14.2. The molecule has 1 heterocycles. The lowest BCUT2D eigenvalue weighted by Crippen LogP contribution is -2.51. The van der Waals surface area contributed by atoms with Crippen molar-refractivity contribution < 1.29 is 4.79 Å². The Hall–Kier alpha value is -0.570. The van der Waals surface area contributed by atoms with E-state index in [0.717, 1.165) is 25.9 Å². The highest BCUT2D eigenvalue weighted by Gasteiger charge is 2.44. The quantitative estimate of drug-likeness (QED) is 0.772. The van der Waals surface area contributed by atoms with Crippen LogP contribution in [0.25, 0.3) is 0 Å². The molecule has 1 N–H and O–H groups in total. The van der Waals surface area contributed by atoms with E-state index in [1.54, 1.807) is 0 Å². The molecule has 1 atom stereocenters. The fourth-order valence-electron chi connectivity index (χ4n) is 2.96. The summed E-state index contributed by atoms with van der Waals surface area (Å²) < 4.78 is 0. The molecular formula is C13H24N2O. The lowest BCUT2D eigenvalue weighted by molar-refractivity contribution is -0.136. The molecule has 3 heteroatoms. The van der Waals surface area contributed by atoms with Crippen LogP contribution in [0, 0.1) is 5.41 Å². The number of likely N-dealkylation sites (N-methyl/N-ethyl adjacent to an activating group) is 1. The SMILES string of the molecule is CCCC1(CN2CCCC(NC)C2=O)CC1. The Morgan fingerprint density at radius 1 is 1.50 bits per heavy atom. The van der Waals surface area contributed by atoms with E-state index in [9.17, 15) is 4.79 Å². The van der Waals surface area contributed by atoms with E-state index in [4.69, 9.17) is 0 Å². The Morgan fingerprint density at radius 3 is 2.81 bits per heavy atom. The van der Waals surface area contributed by atoms with Crippen molar-refractivity contribution in [2.24, 2.45) is 5.41 Å². The predicted molar refractivity (Wildman–Crippen MR) is 65.2 cm³/mol. The summed E-state index contributed by atoms with van der Waals surface area (Å²) in [5, 5.41) is 3.13. The lowest BCUT2D eigenvalue weighted by Gasteiger charge is -2.34. The Balaban J connectivity index is 1.91. The molecule has 92 valence electrons. The molecule has 1 unspecified atom stereocenters. The van der Waals surface area contributed by atoms with Crippen molar-refractivity contribution in [3.8, 4) is 0 Å². The van der Waals surface area contributed by atoms with Crippen molar-refractivity contribution in [3.05, 3.63) is 0 Å². The van der Waals surface area contributed by atoms with Gasteiger partial charge in [0.1, 0.15) is 0 Å². The molecule has 2 fully saturated rings. The molecule has 16 heavy (non-hydrogen) atoms. The van der Waals surface area contributed by atoms with Crippen LogP contribution in [0.4, 0.5) is 0 Å². The fraction of sp³-hybridized carbons (Fsp3) is 0.923. The fourth-order valence-corrected chi connectivity index (χ4v) is 2.96. The van der Waals surface area contributed by atoms with Crippen molar-refractivity contribution >= 4 is 5.91 Å². The number of hydrogen-bond acceptors (Lipinski definition) is 2. The van der Waals surface area contributed by atoms with Gasteiger partial charge in [-0.3, -0.25) is 4.79 Å². The summed E-state index contributed by atoms with van der Waals surface area (Å²) in [6.45, 7) is 4.23. The number of rotatable bonds is 5. The third-order valence-corrected chi connectivity index (χ3v) is 4.14. The van der Waals surface area contributed by atoms with Gasteiger partial charge >= 0.3 is 0 Å². The van der Waals surface area contributed by atoms with Gasteiger partial charge in [0.2, 0.25) is 5.91 Å². The Morgan fingerprint density at radius 2 is 2.25 bits per heavy atom. The summed E-state index contributed by atoms with van der Waals surface area (Å²) in [7, 11) is 1.89. The van der Waals surface area contributed by atoms with Crippen LogP contribution in [0.3, 0.4) is 0 Å². The molecule has 0 aromatic carbocycles. The number of nitrogens with zero attached hydrogens (tertiary/aromatic N) is 1. The van der Waals surface area contributed by atoms with E-state index in [2.05, 4.69) is 17.1 Å². The van der Waals surface area contributed by atoms with Gasteiger partial charge in [0.25, 0.3) is 0 Å². The zero-order valence-corrected chi connectivity index (χ0v) is 10.6. The van der Waals surface area contributed by atoms with Crippen molar-refractivity contribution in [2.45, 2.75) is 51.5 Å². The van der Waals surface area contributed by atoms with Gasteiger partial charge in [0, 0.05) is 13.1 Å². The largest absolute Gasteiger partial charge is 0.341 e. The minimum atomic E-state index is 0.0752. The molecule has 3 nitrogen and oxygen atoms in total. The summed E-state index contributed by atoms with van der Waals surface area (Å²) in [6, 6.07) is 0.0752. The average molecular weight is 224 g/mol. The van der Waals surface area contributed by atoms with Gasteiger partial charge in [-0.15, -0.1) is 0 Å². The van der Waals surface area contributed by atoms with Gasteiger partial charge in [-0.25, -0.2) is 0 Å². The molecule has 0 bridgehead atoms. The first-order valence-electron chi connectivity index (χ1n) is 6.67. The van der Waals surface area contributed by atoms with Crippen LogP contribution in [-0.4, -0.2) is 37.0 Å². The number of carbonyl (C=O) groups is 1. The molecule has 1 saturated carbocycles. The van der Waals surface area contributed by atoms with E-state index in [1.165, 1.54) is 25.7 Å². The molecule has 0 aromatic heterocycles. The molecule has 1 aliphatic heterocycles. The van der Waals surface area contributed by atoms with E-state index in [0.29, 0.717) is 11.3 Å². The zero-order chi connectivity index (χ0) is 11.6. The van der Waals surface area contributed by atoms with Crippen LogP contribution < -0.4 is 5.32 Å². The van der Waals surface area contributed by atoms with Gasteiger partial charge in [-0.2, -0.15) is 0 Å². The summed E-state index contributed by atoms with van der Waals surface area (Å²) in [6.07, 6.45) is 7.36. The second-order valence-corrected chi connectivity index (χ2v) is 5.49. The maximum atomic E-state index is 12.1. The van der Waals surface area contributed by atoms with E-state index < -0.39 is 0 Å². The van der Waals surface area contributed by atoms with Crippen LogP contribution >= 0.6 is 0 Å². The summed E-state index contributed by atoms with van der Waals surface area (Å²) in [5.41, 5.74) is 0.500. The molecule has 1 aliphatic carbocycles. The smallest absolute Gasteiger partial charge is 0.239 e. The Bertz CT molecular complexity index is 261. The van der Waals surface area contributed by atoms with Crippen LogP contribution in [-0.2, 0) is 4.79 Å². The maximum Gasteiger partial charge on any atom is 0.239 e. The number of carbonyl (C=O) groups excluding carboxylic acids is 1. The van der Waals surface area contributed by atoms with Crippen LogP contribution in [0.2, 0.25) is 0 Å². The van der Waals surface area contributed by atoms with Gasteiger partial charge in [-0.1, -0.05) is 13.3 Å². The normalized spacial score (nSPS) is 28.2. The molecule has 2 rings (SSSR count). The van der Waals surface area contributed by atoms with Crippen molar-refractivity contribution in [3.63, 3.8) is 0 Å². The second kappa shape index (κ2) is 4.74. The molecule has 0 spiro atoms. The minimum absolute atomic E-state index is 0.0752. The maximum absolute atomic E-state index is 12.1. The first-order valence-corrected chi connectivity index (χ1v) is 6.67. The first-order chi connectivity index (χ1) is 7.71. The van der Waals surface area contributed by atoms with E-state index in [1.807, 2.05) is 7.05 Å². The third kappa shape index (κ3) is 2.40. The zero-order valence-electron chi connectivity index (χ0n) is 10.6. The molecule has 1 amide bonds. The average Bonchev–Trinajstić information content (AvgIpc) is 3.02. The molecule has 1 saturated heterocycles. The number of piperidine rings is 1. The van der Waals surface area contributed by atoms with Gasteiger partial charge in [0.05, 0.1) is 6.04 Å². The molecule has 2 aliphatic rings. The number of hydrogen-bond donors (Lipinski definition) is 1. The van der Waals surface area contributed by atoms with Gasteiger partial charge in [0.15, 0.2) is 0 Å². The Labute approximate surface area is 98.6 Å². The van der Waals surface area contributed by atoms with Crippen LogP contribution in [0.15, 0.2) is 0 Å². The third-order valence-electron chi connectivity index (χ3n) is 4.14. The monoisotopic (exact) mass is 224 g/mol. The molecule has 0 aromatic rings. The first kappa shape index (κ1) is 11.9. The number of likely N-dealkylation sites (tertiary alicyclic amines) is 1. The lowest BCUT2D eigenvalue weighted by atomic mass is 9.97. The summed E-state index contributed by atoms with van der Waals surface area (Å²) >= 11 is 0. The topological polar surface area (TPSA) is 32.3 Å². The van der Waals surface area contributed by atoms with Gasteiger partial charge < -0.3 is 10.2 Å². The Kier molecular flexibility index (Phi) is 3.53. The summed E-state index contributed by atoms with van der Waals surface area (Å²) in [5.74, 6) is 0.330. The van der Waals surface area contributed by atoms with E-state index >= 15 is 0 Å². The standard InChI is InChI=1S/C13H24N2O/c1-3-6-13(7-8-13)10-15-9-4-5-11(14-2)12(15)16/h11,14H,3-10H2,1-2H3. The highest BCUT2D eigenvalue weighted by Crippen LogP contribution is 2.50. The van der Waals surface area contributed by atoms with Crippen molar-refractivity contribution in [1.82, 2.24) is 10.2 Å². The molecular weight excluding hydrogens is 200 g/mol. The number of amides is 1. The highest BCUT2D eigenvalue weighted by atomic mass is 16.2. The van der Waals surface area contributed by atoms with Gasteiger partial charge in [-0.05, 0) is 44.6 Å². The predicted octanol–water partition coefficient (Wildman–Crippen LogP) is 1.78. The molecule has 0 radical (unpaired) electrons. The van der Waals surface area contributed by atoms with Crippen molar-refractivity contribution in [1.29, 1.82) is 0 Å². The highest BCUT2D eigenvalue weighted by molar-refractivity contribution is 5.82. The second-order valence-electron chi connectivity index (χ2n) is 5.49. The van der Waals surface area contributed by atoms with Crippen LogP contribution in [0.1, 0.15) is 45.4 Å². The van der Waals surface area contributed by atoms with Crippen LogP contribution in [0.5, 0.6) is 0 Å². The van der Waals surface area contributed by atoms with E-state index in [-0.39, 0.29) is 6.04 Å². The minimum Gasteiger partial charge on any atom is -0.341 e. The van der Waals surface area contributed by atoms with Crippen molar-refractivity contribution in [2.75, 3.05) is 20.1 Å². The number of nitrogens with one attached hydrogen (secondary N) is 1.